The average molecular weight is 401 g/mol. The van der Waals surface area contributed by atoms with Gasteiger partial charge in [0.25, 0.3) is 0 Å². The first-order valence-electron chi connectivity index (χ1n) is 9.87. The number of aliphatic carboxylic acids is 1. The zero-order valence-corrected chi connectivity index (χ0v) is 17.6. The van der Waals surface area contributed by atoms with Crippen LogP contribution in [0.3, 0.4) is 0 Å². The third-order valence-electron chi connectivity index (χ3n) is 4.41. The zero-order valence-electron chi connectivity index (χ0n) is 17.6. The Morgan fingerprint density at radius 1 is 1.07 bits per heavy atom. The summed E-state index contributed by atoms with van der Waals surface area (Å²) in [5, 5.41) is 14.0. The Kier molecular flexibility index (Phi) is 10.4. The van der Waals surface area contributed by atoms with Gasteiger partial charge in [-0.15, -0.1) is 0 Å². The van der Waals surface area contributed by atoms with Crippen molar-refractivity contribution < 1.29 is 19.5 Å². The van der Waals surface area contributed by atoms with Gasteiger partial charge in [0.05, 0.1) is 12.5 Å². The number of carbonyl (C=O) groups excluding carboxylic acids is 2. The molecule has 6 nitrogen and oxygen atoms in total. The van der Waals surface area contributed by atoms with Crippen molar-refractivity contribution >= 4 is 17.8 Å². The SMILES string of the molecule is CC(=O)NC(/C=C/C(C)=C/[C@H](C)CCc1ccccc1)CC(=O)N[C@H](C)C(=O)O. The Morgan fingerprint density at radius 3 is 2.31 bits per heavy atom. The number of rotatable bonds is 11. The van der Waals surface area contributed by atoms with Crippen LogP contribution in [0.2, 0.25) is 0 Å². The summed E-state index contributed by atoms with van der Waals surface area (Å²) in [6.07, 6.45) is 7.82. The summed E-state index contributed by atoms with van der Waals surface area (Å²) in [4.78, 5) is 34.3. The van der Waals surface area contributed by atoms with Gasteiger partial charge in [0.2, 0.25) is 11.8 Å². The van der Waals surface area contributed by atoms with E-state index in [2.05, 4.69) is 35.8 Å². The predicted molar refractivity (Wildman–Crippen MR) is 114 cm³/mol. The molecule has 0 fully saturated rings. The van der Waals surface area contributed by atoms with Crippen molar-refractivity contribution in [1.29, 1.82) is 0 Å². The van der Waals surface area contributed by atoms with Crippen LogP contribution >= 0.6 is 0 Å². The highest BCUT2D eigenvalue weighted by atomic mass is 16.4. The van der Waals surface area contributed by atoms with Gasteiger partial charge in [0.1, 0.15) is 6.04 Å². The third-order valence-corrected chi connectivity index (χ3v) is 4.41. The van der Waals surface area contributed by atoms with E-state index in [0.29, 0.717) is 5.92 Å². The fraction of sp³-hybridized carbons (Fsp3) is 0.435. The number of amides is 2. The van der Waals surface area contributed by atoms with Crippen LogP contribution < -0.4 is 10.6 Å². The molecule has 0 spiro atoms. The minimum atomic E-state index is -1.10. The van der Waals surface area contributed by atoms with Crippen molar-refractivity contribution in [2.45, 2.75) is 59.0 Å². The Hall–Kier alpha value is -2.89. The molecule has 6 heteroatoms. The minimum absolute atomic E-state index is 0.0233. The van der Waals surface area contributed by atoms with E-state index in [0.717, 1.165) is 18.4 Å². The molecule has 0 saturated heterocycles. The largest absolute Gasteiger partial charge is 0.480 e. The van der Waals surface area contributed by atoms with Crippen LogP contribution in [0.5, 0.6) is 0 Å². The highest BCUT2D eigenvalue weighted by Crippen LogP contribution is 2.13. The summed E-state index contributed by atoms with van der Waals surface area (Å²) >= 11 is 0. The van der Waals surface area contributed by atoms with E-state index in [1.807, 2.05) is 31.2 Å². The van der Waals surface area contributed by atoms with Crippen LogP contribution in [0.4, 0.5) is 0 Å². The number of hydrogen-bond acceptors (Lipinski definition) is 3. The molecule has 0 bridgehead atoms. The standard InChI is InChI=1S/C23H32N2O4/c1-16(10-12-20-8-6-5-7-9-20)14-17(2)11-13-21(25-19(4)26)15-22(27)24-18(3)23(28)29/h5-9,11,13-14,16,18,21H,10,12,15H2,1-4H3,(H,24,27)(H,25,26)(H,28,29)/b13-11+,17-14+/t16-,18-,21?/m1/s1. The van der Waals surface area contributed by atoms with Crippen molar-refractivity contribution in [3.05, 3.63) is 59.7 Å². The van der Waals surface area contributed by atoms with E-state index in [-0.39, 0.29) is 12.3 Å². The maximum atomic E-state index is 12.0. The van der Waals surface area contributed by atoms with E-state index in [1.165, 1.54) is 19.4 Å². The molecule has 1 unspecified atom stereocenters. The van der Waals surface area contributed by atoms with Crippen LogP contribution in [-0.2, 0) is 20.8 Å². The van der Waals surface area contributed by atoms with Gasteiger partial charge < -0.3 is 15.7 Å². The topological polar surface area (TPSA) is 95.5 Å². The summed E-state index contributed by atoms with van der Waals surface area (Å²) in [7, 11) is 0. The van der Waals surface area contributed by atoms with Crippen molar-refractivity contribution in [2.75, 3.05) is 0 Å². The van der Waals surface area contributed by atoms with E-state index >= 15 is 0 Å². The van der Waals surface area contributed by atoms with Gasteiger partial charge in [-0.2, -0.15) is 0 Å². The summed E-state index contributed by atoms with van der Waals surface area (Å²) in [6, 6.07) is 8.86. The molecule has 1 aromatic carbocycles. The molecule has 0 aliphatic heterocycles. The van der Waals surface area contributed by atoms with E-state index in [4.69, 9.17) is 5.11 Å². The first-order valence-corrected chi connectivity index (χ1v) is 9.87. The summed E-state index contributed by atoms with van der Waals surface area (Å²) in [5.74, 6) is -1.40. The van der Waals surface area contributed by atoms with Gasteiger partial charge in [-0.05, 0) is 38.2 Å². The Balaban J connectivity index is 2.63. The van der Waals surface area contributed by atoms with Crippen molar-refractivity contribution in [2.24, 2.45) is 5.92 Å². The highest BCUT2D eigenvalue weighted by Gasteiger charge is 2.17. The first-order chi connectivity index (χ1) is 13.7. The van der Waals surface area contributed by atoms with Gasteiger partial charge in [-0.25, -0.2) is 0 Å². The summed E-state index contributed by atoms with van der Waals surface area (Å²) in [5.41, 5.74) is 2.36. The summed E-state index contributed by atoms with van der Waals surface area (Å²) in [6.45, 7) is 6.92. The van der Waals surface area contributed by atoms with Gasteiger partial charge in [0, 0.05) is 6.92 Å². The lowest BCUT2D eigenvalue weighted by molar-refractivity contribution is -0.141. The Labute approximate surface area is 173 Å². The van der Waals surface area contributed by atoms with Crippen LogP contribution in [0.1, 0.15) is 46.1 Å². The summed E-state index contributed by atoms with van der Waals surface area (Å²) < 4.78 is 0. The number of allylic oxidation sites excluding steroid dienone is 3. The Bertz CT molecular complexity index is 741. The highest BCUT2D eigenvalue weighted by molar-refractivity contribution is 5.84. The predicted octanol–water partition coefficient (Wildman–Crippen LogP) is 3.24. The van der Waals surface area contributed by atoms with Crippen molar-refractivity contribution in [1.82, 2.24) is 10.6 Å². The van der Waals surface area contributed by atoms with E-state index < -0.39 is 24.0 Å². The number of nitrogens with one attached hydrogen (secondary N) is 2. The second-order valence-electron chi connectivity index (χ2n) is 7.41. The number of aryl methyl sites for hydroxylation is 1. The Morgan fingerprint density at radius 2 is 1.72 bits per heavy atom. The lowest BCUT2D eigenvalue weighted by Gasteiger charge is -2.15. The number of benzene rings is 1. The lowest BCUT2D eigenvalue weighted by Crippen LogP contribution is -2.42. The number of carboxylic acid groups (broad SMARTS) is 1. The second kappa shape index (κ2) is 12.5. The fourth-order valence-electron chi connectivity index (χ4n) is 2.88. The van der Waals surface area contributed by atoms with Crippen LogP contribution in [0.15, 0.2) is 54.1 Å². The molecule has 0 radical (unpaired) electrons. The maximum absolute atomic E-state index is 12.0. The molecular weight excluding hydrogens is 368 g/mol. The quantitative estimate of drug-likeness (QED) is 0.497. The molecule has 0 aliphatic rings. The van der Waals surface area contributed by atoms with Gasteiger partial charge in [-0.3, -0.25) is 14.4 Å². The fourth-order valence-corrected chi connectivity index (χ4v) is 2.88. The molecule has 3 atom stereocenters. The third kappa shape index (κ3) is 10.9. The normalized spacial score (nSPS) is 14.8. The monoisotopic (exact) mass is 400 g/mol. The minimum Gasteiger partial charge on any atom is -0.480 e. The molecule has 29 heavy (non-hydrogen) atoms. The molecular formula is C23H32N2O4. The zero-order chi connectivity index (χ0) is 21.8. The molecule has 2 amide bonds. The molecule has 1 rings (SSSR count). The van der Waals surface area contributed by atoms with Crippen LogP contribution in [-0.4, -0.2) is 35.0 Å². The van der Waals surface area contributed by atoms with E-state index in [1.54, 1.807) is 6.08 Å². The van der Waals surface area contributed by atoms with Gasteiger partial charge >= 0.3 is 5.97 Å². The van der Waals surface area contributed by atoms with Crippen LogP contribution in [0, 0.1) is 5.92 Å². The molecule has 0 saturated carbocycles. The number of carboxylic acids is 1. The molecule has 0 aliphatic carbocycles. The number of hydrogen-bond donors (Lipinski definition) is 3. The maximum Gasteiger partial charge on any atom is 0.325 e. The molecule has 158 valence electrons. The van der Waals surface area contributed by atoms with Crippen molar-refractivity contribution in [3.63, 3.8) is 0 Å². The molecule has 0 heterocycles. The average Bonchev–Trinajstić information content (AvgIpc) is 2.64. The molecule has 3 N–H and O–H groups in total. The van der Waals surface area contributed by atoms with Gasteiger partial charge in [0.15, 0.2) is 0 Å². The van der Waals surface area contributed by atoms with Gasteiger partial charge in [-0.1, -0.05) is 61.1 Å². The molecule has 1 aromatic rings. The van der Waals surface area contributed by atoms with E-state index in [9.17, 15) is 14.4 Å². The smallest absolute Gasteiger partial charge is 0.325 e. The van der Waals surface area contributed by atoms with Crippen LogP contribution in [0.25, 0.3) is 0 Å². The number of carbonyl (C=O) groups is 3. The second-order valence-corrected chi connectivity index (χ2v) is 7.41. The van der Waals surface area contributed by atoms with Crippen molar-refractivity contribution in [3.8, 4) is 0 Å². The first kappa shape index (κ1) is 24.1. The lowest BCUT2D eigenvalue weighted by atomic mass is 9.98. The molecule has 0 aromatic heterocycles.